The Morgan fingerprint density at radius 1 is 1.24 bits per heavy atom. The van der Waals surface area contributed by atoms with Crippen molar-refractivity contribution in [3.05, 3.63) is 30.0 Å². The minimum absolute atomic E-state index is 0.155. The summed E-state index contributed by atoms with van der Waals surface area (Å²) in [6.45, 7) is 9.14. The number of ether oxygens (including phenoxy) is 4. The molecule has 2 heterocycles. The highest BCUT2D eigenvalue weighted by atomic mass is 16.6. The molecule has 29 heavy (non-hydrogen) atoms. The highest BCUT2D eigenvalue weighted by molar-refractivity contribution is 5.92. The first kappa shape index (κ1) is 21.0. The van der Waals surface area contributed by atoms with Gasteiger partial charge in [0, 0.05) is 11.9 Å². The number of benzene rings is 1. The van der Waals surface area contributed by atoms with Gasteiger partial charge < -0.3 is 28.3 Å². The molecule has 0 saturated carbocycles. The van der Waals surface area contributed by atoms with E-state index in [9.17, 15) is 9.59 Å². The van der Waals surface area contributed by atoms with E-state index in [4.69, 9.17) is 23.4 Å². The zero-order valence-electron chi connectivity index (χ0n) is 17.2. The van der Waals surface area contributed by atoms with E-state index < -0.39 is 11.6 Å². The third-order valence-electron chi connectivity index (χ3n) is 4.19. The zero-order chi connectivity index (χ0) is 21.0. The van der Waals surface area contributed by atoms with Gasteiger partial charge in [-0.25, -0.2) is 9.59 Å². The predicted octanol–water partition coefficient (Wildman–Crippen LogP) is 3.62. The van der Waals surface area contributed by atoms with E-state index in [1.807, 2.05) is 20.8 Å². The second-order valence-corrected chi connectivity index (χ2v) is 7.76. The normalized spacial score (nSPS) is 17.2. The lowest BCUT2D eigenvalue weighted by molar-refractivity contribution is -0.0557. The van der Waals surface area contributed by atoms with E-state index in [0.29, 0.717) is 31.0 Å². The molecule has 1 amide bonds. The van der Waals surface area contributed by atoms with Gasteiger partial charge in [0.05, 0.1) is 19.8 Å². The predicted molar refractivity (Wildman–Crippen MR) is 105 cm³/mol. The van der Waals surface area contributed by atoms with Gasteiger partial charge in [-0.2, -0.15) is 0 Å². The van der Waals surface area contributed by atoms with Crippen LogP contribution in [0.5, 0.6) is 5.75 Å². The summed E-state index contributed by atoms with van der Waals surface area (Å²) in [6.07, 6.45) is -0.608. The molecule has 0 bridgehead atoms. The number of amides is 1. The average Bonchev–Trinajstić information content (AvgIpc) is 3.09. The molecule has 8 nitrogen and oxygen atoms in total. The summed E-state index contributed by atoms with van der Waals surface area (Å²) in [6, 6.07) is 6.91. The second kappa shape index (κ2) is 8.73. The third-order valence-corrected chi connectivity index (χ3v) is 4.19. The molecular formula is C21H27NO7. The molecule has 2 aromatic rings. The fourth-order valence-corrected chi connectivity index (χ4v) is 2.92. The number of furan rings is 1. The van der Waals surface area contributed by atoms with Crippen molar-refractivity contribution in [2.45, 2.75) is 39.4 Å². The number of esters is 1. The summed E-state index contributed by atoms with van der Waals surface area (Å²) in [5, 5.41) is 0.741. The summed E-state index contributed by atoms with van der Waals surface area (Å²) < 4.78 is 27.4. The van der Waals surface area contributed by atoms with Crippen molar-refractivity contribution in [2.24, 2.45) is 0 Å². The van der Waals surface area contributed by atoms with Crippen molar-refractivity contribution in [2.75, 3.05) is 32.9 Å². The van der Waals surface area contributed by atoms with Crippen LogP contribution in [0.25, 0.3) is 11.0 Å². The third kappa shape index (κ3) is 5.63. The standard InChI is InChI=1S/C21H27NO7/c1-5-25-19(23)18-11-14-10-15(6-7-17(14)28-18)27-13-16-12-22(8-9-26-16)20(24)29-21(2,3)4/h6-7,10-11,16H,5,8-9,12-13H2,1-4H3/t16-/m0/s1. The van der Waals surface area contributed by atoms with Gasteiger partial charge in [-0.3, -0.25) is 0 Å². The molecule has 0 spiro atoms. The van der Waals surface area contributed by atoms with E-state index in [1.54, 1.807) is 36.1 Å². The van der Waals surface area contributed by atoms with Crippen LogP contribution in [-0.2, 0) is 14.2 Å². The average molecular weight is 405 g/mol. The van der Waals surface area contributed by atoms with Crippen molar-refractivity contribution in [1.29, 1.82) is 0 Å². The van der Waals surface area contributed by atoms with E-state index in [2.05, 4.69) is 0 Å². The summed E-state index contributed by atoms with van der Waals surface area (Å²) in [4.78, 5) is 25.7. The maximum absolute atomic E-state index is 12.2. The number of hydrogen-bond donors (Lipinski definition) is 0. The molecule has 8 heteroatoms. The topological polar surface area (TPSA) is 87.4 Å². The van der Waals surface area contributed by atoms with Crippen molar-refractivity contribution in [3.63, 3.8) is 0 Å². The molecule has 0 aliphatic carbocycles. The fourth-order valence-electron chi connectivity index (χ4n) is 2.92. The lowest BCUT2D eigenvalue weighted by atomic mass is 10.2. The minimum Gasteiger partial charge on any atom is -0.491 e. The summed E-state index contributed by atoms with van der Waals surface area (Å²) in [5.41, 5.74) is 0.0366. The molecule has 0 N–H and O–H groups in total. The highest BCUT2D eigenvalue weighted by Gasteiger charge is 2.28. The number of carbonyl (C=O) groups excluding carboxylic acids is 2. The number of morpholine rings is 1. The Bertz CT molecular complexity index is 868. The van der Waals surface area contributed by atoms with E-state index in [0.717, 1.165) is 5.39 Å². The van der Waals surface area contributed by atoms with Crippen LogP contribution in [0.1, 0.15) is 38.2 Å². The van der Waals surface area contributed by atoms with Crippen molar-refractivity contribution >= 4 is 23.0 Å². The van der Waals surface area contributed by atoms with Crippen LogP contribution in [0, 0.1) is 0 Å². The van der Waals surface area contributed by atoms with E-state index in [-0.39, 0.29) is 31.2 Å². The first-order chi connectivity index (χ1) is 13.7. The van der Waals surface area contributed by atoms with Crippen LogP contribution in [0.3, 0.4) is 0 Å². The molecule has 1 fully saturated rings. The molecule has 1 saturated heterocycles. The van der Waals surface area contributed by atoms with Gasteiger partial charge >= 0.3 is 12.1 Å². The molecule has 1 aromatic carbocycles. The van der Waals surface area contributed by atoms with E-state index >= 15 is 0 Å². The monoisotopic (exact) mass is 405 g/mol. The summed E-state index contributed by atoms with van der Waals surface area (Å²) in [7, 11) is 0. The zero-order valence-corrected chi connectivity index (χ0v) is 17.2. The van der Waals surface area contributed by atoms with Crippen LogP contribution in [0.4, 0.5) is 4.79 Å². The Morgan fingerprint density at radius 3 is 2.76 bits per heavy atom. The maximum Gasteiger partial charge on any atom is 0.410 e. The number of carbonyl (C=O) groups is 2. The minimum atomic E-state index is -0.538. The van der Waals surface area contributed by atoms with Gasteiger partial charge in [-0.1, -0.05) is 0 Å². The first-order valence-electron chi connectivity index (χ1n) is 9.68. The largest absolute Gasteiger partial charge is 0.491 e. The molecule has 1 atom stereocenters. The van der Waals surface area contributed by atoms with Gasteiger partial charge in [0.2, 0.25) is 5.76 Å². The molecule has 3 rings (SSSR count). The molecular weight excluding hydrogens is 378 g/mol. The van der Waals surface area contributed by atoms with Crippen molar-refractivity contribution in [1.82, 2.24) is 4.90 Å². The summed E-state index contributed by atoms with van der Waals surface area (Å²) in [5.74, 6) is 0.276. The van der Waals surface area contributed by atoms with Gasteiger partial charge in [-0.05, 0) is 52.0 Å². The van der Waals surface area contributed by atoms with Crippen LogP contribution in [0.2, 0.25) is 0 Å². The number of hydrogen-bond acceptors (Lipinski definition) is 7. The lowest BCUT2D eigenvalue weighted by Crippen LogP contribution is -2.49. The summed E-state index contributed by atoms with van der Waals surface area (Å²) >= 11 is 0. The number of rotatable bonds is 5. The Hall–Kier alpha value is -2.74. The number of fused-ring (bicyclic) bond motifs is 1. The molecule has 1 aliphatic heterocycles. The quantitative estimate of drug-likeness (QED) is 0.702. The van der Waals surface area contributed by atoms with Gasteiger partial charge in [0.15, 0.2) is 0 Å². The van der Waals surface area contributed by atoms with Crippen LogP contribution < -0.4 is 4.74 Å². The van der Waals surface area contributed by atoms with Crippen molar-refractivity contribution < 1.29 is 33.0 Å². The molecule has 158 valence electrons. The SMILES string of the molecule is CCOC(=O)c1cc2cc(OC[C@@H]3CN(C(=O)OC(C)(C)C)CCO3)ccc2o1. The van der Waals surface area contributed by atoms with Crippen LogP contribution in [0.15, 0.2) is 28.7 Å². The first-order valence-corrected chi connectivity index (χ1v) is 9.68. The molecule has 1 aliphatic rings. The van der Waals surface area contributed by atoms with Crippen molar-refractivity contribution in [3.8, 4) is 5.75 Å². The Labute approximate surface area is 169 Å². The Balaban J connectivity index is 1.58. The van der Waals surface area contributed by atoms with Gasteiger partial charge in [-0.15, -0.1) is 0 Å². The smallest absolute Gasteiger partial charge is 0.410 e. The highest BCUT2D eigenvalue weighted by Crippen LogP contribution is 2.25. The fraction of sp³-hybridized carbons (Fsp3) is 0.524. The van der Waals surface area contributed by atoms with E-state index in [1.165, 1.54) is 0 Å². The van der Waals surface area contributed by atoms with Crippen LogP contribution >= 0.6 is 0 Å². The molecule has 1 aromatic heterocycles. The number of nitrogens with zero attached hydrogens (tertiary/aromatic N) is 1. The Kier molecular flexibility index (Phi) is 6.32. The molecule has 0 unspecified atom stereocenters. The van der Waals surface area contributed by atoms with Gasteiger partial charge in [0.25, 0.3) is 0 Å². The van der Waals surface area contributed by atoms with Gasteiger partial charge in [0.1, 0.15) is 29.6 Å². The molecule has 0 radical (unpaired) electrons. The Morgan fingerprint density at radius 2 is 2.03 bits per heavy atom. The van der Waals surface area contributed by atoms with Crippen LogP contribution in [-0.4, -0.2) is 61.6 Å². The second-order valence-electron chi connectivity index (χ2n) is 7.76. The maximum atomic E-state index is 12.2. The lowest BCUT2D eigenvalue weighted by Gasteiger charge is -2.34.